The number of nitrogens with zero attached hydrogens (tertiary/aromatic N) is 3. The number of nitrogens with two attached hydrogens (primary N) is 1. The van der Waals surface area contributed by atoms with Crippen molar-refractivity contribution >= 4 is 11.9 Å². The van der Waals surface area contributed by atoms with Crippen LogP contribution in [-0.2, 0) is 0 Å². The molecule has 0 aliphatic rings. The van der Waals surface area contributed by atoms with Crippen molar-refractivity contribution in [3.8, 4) is 0 Å². The fraction of sp³-hybridized carbons (Fsp3) is 0. The molecule has 0 saturated carbocycles. The Morgan fingerprint density at radius 2 is 2.45 bits per heavy atom. The number of amides is 1. The molecule has 11 heavy (non-hydrogen) atoms. The van der Waals surface area contributed by atoms with Gasteiger partial charge in [-0.1, -0.05) is 0 Å². The van der Waals surface area contributed by atoms with Gasteiger partial charge in [0.15, 0.2) is 5.82 Å². The molecule has 0 spiro atoms. The summed E-state index contributed by atoms with van der Waals surface area (Å²) >= 11 is 0. The molecule has 0 bridgehead atoms. The number of carbonyl (C=O) groups is 1. The van der Waals surface area contributed by atoms with Crippen LogP contribution in [0.3, 0.4) is 0 Å². The lowest BCUT2D eigenvalue weighted by Gasteiger charge is -2.08. The van der Waals surface area contributed by atoms with Crippen molar-refractivity contribution in [3.63, 3.8) is 0 Å². The van der Waals surface area contributed by atoms with E-state index in [9.17, 15) is 4.79 Å². The van der Waals surface area contributed by atoms with E-state index in [1.807, 2.05) is 0 Å². The first-order chi connectivity index (χ1) is 5.22. The minimum absolute atomic E-state index is 0.146. The molecular formula is C5H6N4O2. The molecule has 0 aromatic carbocycles. The van der Waals surface area contributed by atoms with Crippen LogP contribution in [0.15, 0.2) is 18.6 Å². The minimum Gasteiger partial charge on any atom is -0.464 e. The van der Waals surface area contributed by atoms with E-state index in [-0.39, 0.29) is 5.82 Å². The lowest BCUT2D eigenvalue weighted by molar-refractivity contribution is 0.201. The molecule has 0 aliphatic carbocycles. The maximum Gasteiger partial charge on any atom is 0.427 e. The SMILES string of the molecule is NN(C(=O)O)c1ccncn1. The molecule has 1 amide bonds. The predicted octanol–water partition coefficient (Wildman–Crippen LogP) is -0.165. The minimum atomic E-state index is -1.26. The number of hydrogen-bond donors (Lipinski definition) is 2. The lowest BCUT2D eigenvalue weighted by atomic mass is 10.6. The fourth-order valence-electron chi connectivity index (χ4n) is 0.524. The monoisotopic (exact) mass is 154 g/mol. The van der Waals surface area contributed by atoms with Crippen LogP contribution in [0.1, 0.15) is 0 Å². The quantitative estimate of drug-likeness (QED) is 0.333. The van der Waals surface area contributed by atoms with Crippen LogP contribution < -0.4 is 10.9 Å². The summed E-state index contributed by atoms with van der Waals surface area (Å²) in [6.45, 7) is 0. The van der Waals surface area contributed by atoms with Gasteiger partial charge in [0.1, 0.15) is 6.33 Å². The first-order valence-corrected chi connectivity index (χ1v) is 2.75. The molecule has 0 unspecified atom stereocenters. The van der Waals surface area contributed by atoms with E-state index >= 15 is 0 Å². The highest BCUT2D eigenvalue weighted by Crippen LogP contribution is 2.01. The van der Waals surface area contributed by atoms with Crippen molar-refractivity contribution in [2.75, 3.05) is 5.01 Å². The topological polar surface area (TPSA) is 92.3 Å². The molecule has 0 aliphatic heterocycles. The average Bonchev–Trinajstić information content (AvgIpc) is 2.05. The summed E-state index contributed by atoms with van der Waals surface area (Å²) in [7, 11) is 0. The third kappa shape index (κ3) is 1.62. The largest absolute Gasteiger partial charge is 0.464 e. The van der Waals surface area contributed by atoms with Gasteiger partial charge in [-0.15, -0.1) is 0 Å². The summed E-state index contributed by atoms with van der Waals surface area (Å²) in [4.78, 5) is 17.4. The second kappa shape index (κ2) is 2.93. The Bertz CT molecular complexity index is 250. The molecule has 1 heterocycles. The van der Waals surface area contributed by atoms with E-state index in [2.05, 4.69) is 9.97 Å². The number of anilines is 1. The highest BCUT2D eigenvalue weighted by Gasteiger charge is 2.08. The van der Waals surface area contributed by atoms with Gasteiger partial charge in [-0.3, -0.25) is 0 Å². The summed E-state index contributed by atoms with van der Waals surface area (Å²) in [5, 5.41) is 8.89. The fourth-order valence-corrected chi connectivity index (χ4v) is 0.524. The summed E-state index contributed by atoms with van der Waals surface area (Å²) in [6.07, 6.45) is 1.37. The lowest BCUT2D eigenvalue weighted by Crippen LogP contribution is -2.36. The highest BCUT2D eigenvalue weighted by molar-refractivity contribution is 5.82. The van der Waals surface area contributed by atoms with Crippen LogP contribution in [0.4, 0.5) is 10.6 Å². The third-order valence-electron chi connectivity index (χ3n) is 1.02. The van der Waals surface area contributed by atoms with Gasteiger partial charge in [-0.2, -0.15) is 5.01 Å². The molecule has 1 aromatic heterocycles. The van der Waals surface area contributed by atoms with Crippen molar-refractivity contribution in [2.45, 2.75) is 0 Å². The molecule has 0 saturated heterocycles. The number of hydrogen-bond acceptors (Lipinski definition) is 4. The van der Waals surface area contributed by atoms with Gasteiger partial charge in [-0.05, 0) is 0 Å². The van der Waals surface area contributed by atoms with Gasteiger partial charge in [0.2, 0.25) is 0 Å². The van der Waals surface area contributed by atoms with E-state index in [1.54, 1.807) is 0 Å². The molecule has 0 fully saturated rings. The number of rotatable bonds is 1. The third-order valence-corrected chi connectivity index (χ3v) is 1.02. The maximum absolute atomic E-state index is 10.2. The summed E-state index contributed by atoms with van der Waals surface area (Å²) in [6, 6.07) is 1.40. The van der Waals surface area contributed by atoms with Crippen molar-refractivity contribution < 1.29 is 9.90 Å². The number of carboxylic acid groups (broad SMARTS) is 1. The summed E-state index contributed by atoms with van der Waals surface area (Å²) < 4.78 is 0. The van der Waals surface area contributed by atoms with Crippen LogP contribution in [0, 0.1) is 0 Å². The zero-order valence-corrected chi connectivity index (χ0v) is 5.51. The van der Waals surface area contributed by atoms with Crippen molar-refractivity contribution in [1.82, 2.24) is 9.97 Å². The first-order valence-electron chi connectivity index (χ1n) is 2.75. The second-order valence-electron chi connectivity index (χ2n) is 1.72. The van der Waals surface area contributed by atoms with E-state index in [0.717, 1.165) is 0 Å². The standard InChI is InChI=1S/C5H6N4O2/c6-9(5(10)11)4-1-2-7-3-8-4/h1-3H,6H2,(H,10,11). The molecule has 1 rings (SSSR count). The Hall–Kier alpha value is -1.69. The molecule has 3 N–H and O–H groups in total. The Balaban J connectivity index is 2.85. The molecule has 1 aromatic rings. The number of hydrazine groups is 1. The van der Waals surface area contributed by atoms with Gasteiger partial charge < -0.3 is 5.11 Å². The Kier molecular flexibility index (Phi) is 1.98. The zero-order valence-electron chi connectivity index (χ0n) is 5.51. The molecule has 0 atom stereocenters. The van der Waals surface area contributed by atoms with Gasteiger partial charge in [-0.25, -0.2) is 20.6 Å². The Labute approximate surface area is 62.3 Å². The molecule has 6 nitrogen and oxygen atoms in total. The van der Waals surface area contributed by atoms with E-state index in [1.165, 1.54) is 18.6 Å². The summed E-state index contributed by atoms with van der Waals surface area (Å²) in [5.41, 5.74) is 0. The molecular weight excluding hydrogens is 148 g/mol. The normalized spacial score (nSPS) is 9.18. The van der Waals surface area contributed by atoms with Crippen LogP contribution in [0.25, 0.3) is 0 Å². The smallest absolute Gasteiger partial charge is 0.427 e. The van der Waals surface area contributed by atoms with Crippen LogP contribution >= 0.6 is 0 Å². The van der Waals surface area contributed by atoms with Crippen molar-refractivity contribution in [1.29, 1.82) is 0 Å². The van der Waals surface area contributed by atoms with Crippen molar-refractivity contribution in [2.24, 2.45) is 5.84 Å². The van der Waals surface area contributed by atoms with Crippen LogP contribution in [0.5, 0.6) is 0 Å². The molecule has 6 heteroatoms. The maximum atomic E-state index is 10.2. The van der Waals surface area contributed by atoms with Gasteiger partial charge in [0.05, 0.1) is 0 Å². The van der Waals surface area contributed by atoms with E-state index in [4.69, 9.17) is 10.9 Å². The van der Waals surface area contributed by atoms with Crippen LogP contribution in [-0.4, -0.2) is 21.2 Å². The predicted molar refractivity (Wildman–Crippen MR) is 36.7 cm³/mol. The van der Waals surface area contributed by atoms with Gasteiger partial charge in [0, 0.05) is 12.3 Å². The van der Waals surface area contributed by atoms with E-state index in [0.29, 0.717) is 5.01 Å². The first kappa shape index (κ1) is 7.42. The Morgan fingerprint density at radius 1 is 1.73 bits per heavy atom. The second-order valence-corrected chi connectivity index (χ2v) is 1.72. The van der Waals surface area contributed by atoms with Crippen LogP contribution in [0.2, 0.25) is 0 Å². The van der Waals surface area contributed by atoms with Crippen molar-refractivity contribution in [3.05, 3.63) is 18.6 Å². The average molecular weight is 154 g/mol. The molecule has 58 valence electrons. The highest BCUT2D eigenvalue weighted by atomic mass is 16.4. The summed E-state index contributed by atoms with van der Waals surface area (Å²) in [5.74, 6) is 5.23. The molecule has 0 radical (unpaired) electrons. The van der Waals surface area contributed by atoms with E-state index < -0.39 is 6.09 Å². The number of aromatic nitrogens is 2. The Morgan fingerprint density at radius 3 is 2.91 bits per heavy atom. The van der Waals surface area contributed by atoms with Gasteiger partial charge >= 0.3 is 6.09 Å². The zero-order chi connectivity index (χ0) is 8.27. The van der Waals surface area contributed by atoms with Gasteiger partial charge in [0.25, 0.3) is 0 Å².